The van der Waals surface area contributed by atoms with E-state index < -0.39 is 0 Å². The first kappa shape index (κ1) is 20.5. The molecule has 0 bridgehead atoms. The second-order valence-corrected chi connectivity index (χ2v) is 7.31. The number of likely N-dealkylation sites (tertiary alicyclic amines) is 1. The molecule has 0 radical (unpaired) electrons. The molecule has 1 saturated heterocycles. The molecule has 3 rings (SSSR count). The molecule has 2 N–H and O–H groups in total. The number of likely N-dealkylation sites (N-methyl/N-ethyl adjacent to an activating group) is 2. The first-order chi connectivity index (χ1) is 13.9. The van der Waals surface area contributed by atoms with Crippen LogP contribution in [0.25, 0.3) is 11.3 Å². The highest BCUT2D eigenvalue weighted by atomic mass is 16.2. The second-order valence-electron chi connectivity index (χ2n) is 7.31. The quantitative estimate of drug-likeness (QED) is 0.662. The Kier molecular flexibility index (Phi) is 6.28. The molecule has 3 heterocycles. The predicted molar refractivity (Wildman–Crippen MR) is 114 cm³/mol. The van der Waals surface area contributed by atoms with Crippen molar-refractivity contribution in [2.24, 2.45) is 0 Å². The highest BCUT2D eigenvalue weighted by Crippen LogP contribution is 2.23. The topological polar surface area (TPSA) is 97.5 Å². The zero-order valence-electron chi connectivity index (χ0n) is 17.2. The maximum Gasteiger partial charge on any atom is 0.271 e. The van der Waals surface area contributed by atoms with Gasteiger partial charge in [0.25, 0.3) is 5.56 Å². The summed E-state index contributed by atoms with van der Waals surface area (Å²) in [6.45, 7) is 1.90. The smallest absolute Gasteiger partial charge is 0.271 e. The summed E-state index contributed by atoms with van der Waals surface area (Å²) >= 11 is 0. The van der Waals surface area contributed by atoms with Crippen molar-refractivity contribution in [3.05, 3.63) is 47.2 Å². The fourth-order valence-electron chi connectivity index (χ4n) is 3.08. The van der Waals surface area contributed by atoms with Gasteiger partial charge in [0.2, 0.25) is 5.91 Å². The maximum absolute atomic E-state index is 12.4. The molecule has 2 aromatic heterocycles. The fraction of sp³-hybridized carbons (Fsp3) is 0.400. The van der Waals surface area contributed by atoms with E-state index in [1.165, 1.54) is 6.33 Å². The van der Waals surface area contributed by atoms with Crippen molar-refractivity contribution in [2.75, 3.05) is 58.0 Å². The molecule has 0 spiro atoms. The number of amides is 1. The van der Waals surface area contributed by atoms with Crippen molar-refractivity contribution < 1.29 is 4.79 Å². The van der Waals surface area contributed by atoms with Crippen LogP contribution in [0.2, 0.25) is 0 Å². The summed E-state index contributed by atoms with van der Waals surface area (Å²) in [5, 5.41) is 2.98. The monoisotopic (exact) mass is 397 g/mol. The van der Waals surface area contributed by atoms with Crippen molar-refractivity contribution in [1.82, 2.24) is 24.8 Å². The number of rotatable bonds is 7. The first-order valence-corrected chi connectivity index (χ1v) is 9.45. The number of aromatic amines is 1. The van der Waals surface area contributed by atoms with Crippen LogP contribution < -0.4 is 15.8 Å². The van der Waals surface area contributed by atoms with Gasteiger partial charge in [-0.05, 0) is 20.2 Å². The third-order valence-electron chi connectivity index (χ3n) is 4.94. The molecule has 9 nitrogen and oxygen atoms in total. The van der Waals surface area contributed by atoms with Crippen LogP contribution in [-0.2, 0) is 4.79 Å². The predicted octanol–water partition coefficient (Wildman–Crippen LogP) is 0.638. The van der Waals surface area contributed by atoms with Gasteiger partial charge in [0.15, 0.2) is 0 Å². The van der Waals surface area contributed by atoms with Crippen LogP contribution in [0.1, 0.15) is 0 Å². The van der Waals surface area contributed by atoms with Crippen molar-refractivity contribution in [1.29, 1.82) is 0 Å². The number of nitrogens with zero attached hydrogens (tertiary/aromatic N) is 5. The SMILES string of the molecule is CNc1cc(-c2c[nH]c(=O)c(N(C)C3CN(C(=O)C=CCN(C)C)C3)c2)ncn1. The zero-order valence-corrected chi connectivity index (χ0v) is 17.2. The molecule has 0 aromatic carbocycles. The Hall–Kier alpha value is -3.20. The Morgan fingerprint density at radius 2 is 2.07 bits per heavy atom. The van der Waals surface area contributed by atoms with Gasteiger partial charge in [-0.25, -0.2) is 9.97 Å². The summed E-state index contributed by atoms with van der Waals surface area (Å²) < 4.78 is 0. The van der Waals surface area contributed by atoms with E-state index in [1.807, 2.05) is 49.2 Å². The van der Waals surface area contributed by atoms with Gasteiger partial charge in [-0.3, -0.25) is 9.59 Å². The number of hydrogen-bond acceptors (Lipinski definition) is 7. The van der Waals surface area contributed by atoms with Gasteiger partial charge >= 0.3 is 0 Å². The van der Waals surface area contributed by atoms with Crippen LogP contribution in [0.4, 0.5) is 11.5 Å². The molecule has 1 aliphatic heterocycles. The van der Waals surface area contributed by atoms with E-state index in [-0.39, 0.29) is 17.5 Å². The van der Waals surface area contributed by atoms with E-state index in [0.717, 1.165) is 12.1 Å². The van der Waals surface area contributed by atoms with Gasteiger partial charge in [0, 0.05) is 57.6 Å². The van der Waals surface area contributed by atoms with Crippen LogP contribution in [0, 0.1) is 0 Å². The molecule has 0 atom stereocenters. The highest BCUT2D eigenvalue weighted by molar-refractivity contribution is 5.88. The molecule has 1 fully saturated rings. The third kappa shape index (κ3) is 4.80. The Bertz CT molecular complexity index is 948. The lowest BCUT2D eigenvalue weighted by molar-refractivity contribution is -0.130. The fourth-order valence-corrected chi connectivity index (χ4v) is 3.08. The minimum Gasteiger partial charge on any atom is -0.373 e. The molecular formula is C20H27N7O2. The lowest BCUT2D eigenvalue weighted by Gasteiger charge is -2.44. The van der Waals surface area contributed by atoms with Crippen molar-refractivity contribution in [2.45, 2.75) is 6.04 Å². The van der Waals surface area contributed by atoms with Crippen LogP contribution in [0.3, 0.4) is 0 Å². The standard InChI is InChI=1S/C20H27N7O2/c1-21-18-9-16(23-13-24-18)14-8-17(20(29)22-10-14)26(4)15-11-27(12-15)19(28)6-5-7-25(2)3/h5-6,8-10,13,15H,7,11-12H2,1-4H3,(H,22,29)(H,21,23,24). The van der Waals surface area contributed by atoms with Gasteiger partial charge in [-0.2, -0.15) is 0 Å². The van der Waals surface area contributed by atoms with E-state index in [1.54, 1.807) is 24.2 Å². The number of aromatic nitrogens is 3. The van der Waals surface area contributed by atoms with Crippen molar-refractivity contribution in [3.63, 3.8) is 0 Å². The van der Waals surface area contributed by atoms with E-state index >= 15 is 0 Å². The van der Waals surface area contributed by atoms with Gasteiger partial charge < -0.3 is 25.0 Å². The van der Waals surface area contributed by atoms with E-state index in [0.29, 0.717) is 30.3 Å². The number of pyridine rings is 1. The lowest BCUT2D eigenvalue weighted by atomic mass is 10.1. The third-order valence-corrected chi connectivity index (χ3v) is 4.94. The largest absolute Gasteiger partial charge is 0.373 e. The highest BCUT2D eigenvalue weighted by Gasteiger charge is 2.33. The summed E-state index contributed by atoms with van der Waals surface area (Å²) in [6.07, 6.45) is 6.59. The molecule has 0 unspecified atom stereocenters. The normalized spacial score (nSPS) is 14.3. The zero-order chi connectivity index (χ0) is 21.0. The summed E-state index contributed by atoms with van der Waals surface area (Å²) in [6, 6.07) is 3.74. The number of hydrogen-bond donors (Lipinski definition) is 2. The van der Waals surface area contributed by atoms with E-state index in [9.17, 15) is 9.59 Å². The molecule has 154 valence electrons. The first-order valence-electron chi connectivity index (χ1n) is 9.45. The van der Waals surface area contributed by atoms with E-state index in [2.05, 4.69) is 20.3 Å². The van der Waals surface area contributed by atoms with Crippen molar-refractivity contribution >= 4 is 17.4 Å². The van der Waals surface area contributed by atoms with Crippen LogP contribution in [-0.4, -0.2) is 84.5 Å². The number of anilines is 2. The van der Waals surface area contributed by atoms with Crippen LogP contribution >= 0.6 is 0 Å². The number of carbonyl (C=O) groups is 1. The van der Waals surface area contributed by atoms with Gasteiger partial charge in [-0.15, -0.1) is 0 Å². The summed E-state index contributed by atoms with van der Waals surface area (Å²) in [7, 11) is 7.57. The average molecular weight is 397 g/mol. The molecule has 2 aromatic rings. The molecule has 9 heteroatoms. The minimum absolute atomic E-state index is 0.000240. The van der Waals surface area contributed by atoms with Crippen LogP contribution in [0.15, 0.2) is 41.6 Å². The Morgan fingerprint density at radius 1 is 1.31 bits per heavy atom. The molecular weight excluding hydrogens is 370 g/mol. The average Bonchev–Trinajstić information content (AvgIpc) is 2.66. The maximum atomic E-state index is 12.4. The Morgan fingerprint density at radius 3 is 2.76 bits per heavy atom. The second kappa shape index (κ2) is 8.87. The summed E-state index contributed by atoms with van der Waals surface area (Å²) in [5.74, 6) is 0.700. The van der Waals surface area contributed by atoms with E-state index in [4.69, 9.17) is 0 Å². The number of H-pyrrole nitrogens is 1. The molecule has 0 saturated carbocycles. The van der Waals surface area contributed by atoms with Gasteiger partial charge in [-0.1, -0.05) is 6.08 Å². The summed E-state index contributed by atoms with van der Waals surface area (Å²) in [4.78, 5) is 41.5. The molecule has 0 aliphatic carbocycles. The van der Waals surface area contributed by atoms with Gasteiger partial charge in [0.1, 0.15) is 17.8 Å². The molecule has 1 aliphatic rings. The van der Waals surface area contributed by atoms with Crippen molar-refractivity contribution in [3.8, 4) is 11.3 Å². The number of nitrogens with one attached hydrogen (secondary N) is 2. The Balaban J connectivity index is 1.69. The Labute approximate surface area is 170 Å². The van der Waals surface area contributed by atoms with Crippen LogP contribution in [0.5, 0.6) is 0 Å². The minimum atomic E-state index is -0.171. The van der Waals surface area contributed by atoms with Gasteiger partial charge in [0.05, 0.1) is 11.7 Å². The lowest BCUT2D eigenvalue weighted by Crippen LogP contribution is -2.60. The molecule has 1 amide bonds. The molecule has 29 heavy (non-hydrogen) atoms. The number of carbonyl (C=O) groups excluding carboxylic acids is 1. The summed E-state index contributed by atoms with van der Waals surface area (Å²) in [5.41, 5.74) is 1.89.